The minimum absolute atomic E-state index is 0.0437. The number of nitrogens with one attached hydrogen (secondary N) is 1. The number of aliphatic hydroxyl groups excluding tert-OH is 1. The maximum atomic E-state index is 12.0. The van der Waals surface area contributed by atoms with Crippen molar-refractivity contribution in [1.29, 1.82) is 0 Å². The van der Waals surface area contributed by atoms with Crippen molar-refractivity contribution in [1.82, 2.24) is 5.32 Å². The Balaban J connectivity index is 2.42. The summed E-state index contributed by atoms with van der Waals surface area (Å²) >= 11 is 3.40. The maximum Gasteiger partial charge on any atom is 0.223 e. The normalized spacial score (nSPS) is 13.9. The van der Waals surface area contributed by atoms with Crippen LogP contribution in [0.15, 0.2) is 28.7 Å². The predicted molar refractivity (Wildman–Crippen MR) is 80.9 cm³/mol. The van der Waals surface area contributed by atoms with E-state index >= 15 is 0 Å². The molecule has 1 rings (SSSR count). The van der Waals surface area contributed by atoms with Crippen LogP contribution in [0.4, 0.5) is 0 Å². The molecule has 0 saturated heterocycles. The Kier molecular flexibility index (Phi) is 7.10. The Labute approximate surface area is 123 Å². The SMILES string of the molecule is CC(CCCO)NC(=O)C(C)Cc1ccc(Br)cc1. The van der Waals surface area contributed by atoms with Crippen LogP contribution >= 0.6 is 15.9 Å². The molecule has 0 aromatic heterocycles. The van der Waals surface area contributed by atoms with Crippen LogP contribution in [0.1, 0.15) is 32.3 Å². The molecule has 3 nitrogen and oxygen atoms in total. The number of aliphatic hydroxyl groups is 1. The third-order valence-corrected chi connectivity index (χ3v) is 3.62. The van der Waals surface area contributed by atoms with E-state index in [-0.39, 0.29) is 24.5 Å². The first-order chi connectivity index (χ1) is 9.02. The van der Waals surface area contributed by atoms with E-state index in [4.69, 9.17) is 5.11 Å². The van der Waals surface area contributed by atoms with Gasteiger partial charge in [-0.3, -0.25) is 4.79 Å². The molecule has 0 aliphatic rings. The fourth-order valence-corrected chi connectivity index (χ4v) is 2.19. The summed E-state index contributed by atoms with van der Waals surface area (Å²) in [4.78, 5) is 12.0. The molecule has 2 atom stereocenters. The van der Waals surface area contributed by atoms with E-state index in [2.05, 4.69) is 21.2 Å². The lowest BCUT2D eigenvalue weighted by Crippen LogP contribution is -2.37. The molecular weight excluding hydrogens is 306 g/mol. The number of amides is 1. The predicted octanol–water partition coefficient (Wildman–Crippen LogP) is 2.90. The zero-order valence-electron chi connectivity index (χ0n) is 11.5. The first-order valence-corrected chi connectivity index (χ1v) is 7.48. The van der Waals surface area contributed by atoms with Crippen LogP contribution in [0.2, 0.25) is 0 Å². The summed E-state index contributed by atoms with van der Waals surface area (Å²) in [6.45, 7) is 4.09. The Hall–Kier alpha value is -0.870. The summed E-state index contributed by atoms with van der Waals surface area (Å²) in [7, 11) is 0. The third kappa shape index (κ3) is 6.21. The monoisotopic (exact) mass is 327 g/mol. The fourth-order valence-electron chi connectivity index (χ4n) is 1.92. The van der Waals surface area contributed by atoms with Gasteiger partial charge in [-0.1, -0.05) is 35.0 Å². The van der Waals surface area contributed by atoms with Crippen molar-refractivity contribution < 1.29 is 9.90 Å². The van der Waals surface area contributed by atoms with Crippen LogP contribution in [0.3, 0.4) is 0 Å². The second kappa shape index (κ2) is 8.33. The smallest absolute Gasteiger partial charge is 0.223 e. The van der Waals surface area contributed by atoms with Crippen molar-refractivity contribution in [3.8, 4) is 0 Å². The molecular formula is C15H22BrNO2. The highest BCUT2D eigenvalue weighted by molar-refractivity contribution is 9.10. The van der Waals surface area contributed by atoms with Crippen LogP contribution in [-0.4, -0.2) is 23.7 Å². The van der Waals surface area contributed by atoms with E-state index in [0.717, 1.165) is 29.3 Å². The summed E-state index contributed by atoms with van der Waals surface area (Å²) in [6.07, 6.45) is 2.28. The Bertz CT molecular complexity index is 392. The molecule has 2 unspecified atom stereocenters. The Morgan fingerprint density at radius 2 is 1.95 bits per heavy atom. The van der Waals surface area contributed by atoms with Crippen LogP contribution in [0.25, 0.3) is 0 Å². The molecule has 2 N–H and O–H groups in total. The van der Waals surface area contributed by atoms with Gasteiger partial charge >= 0.3 is 0 Å². The van der Waals surface area contributed by atoms with Gasteiger partial charge in [-0.25, -0.2) is 0 Å². The van der Waals surface area contributed by atoms with Crippen LogP contribution in [0, 0.1) is 5.92 Å². The van der Waals surface area contributed by atoms with Gasteiger partial charge in [0.15, 0.2) is 0 Å². The average Bonchev–Trinajstić information content (AvgIpc) is 2.39. The molecule has 0 radical (unpaired) electrons. The van der Waals surface area contributed by atoms with Crippen molar-refractivity contribution in [2.45, 2.75) is 39.2 Å². The molecule has 0 spiro atoms. The minimum Gasteiger partial charge on any atom is -0.396 e. The van der Waals surface area contributed by atoms with Gasteiger partial charge in [0.2, 0.25) is 5.91 Å². The van der Waals surface area contributed by atoms with Gasteiger partial charge in [-0.2, -0.15) is 0 Å². The third-order valence-electron chi connectivity index (χ3n) is 3.09. The molecule has 0 bridgehead atoms. The van der Waals surface area contributed by atoms with Crippen molar-refractivity contribution in [3.05, 3.63) is 34.3 Å². The summed E-state index contributed by atoms with van der Waals surface area (Å²) < 4.78 is 1.05. The summed E-state index contributed by atoms with van der Waals surface area (Å²) in [6, 6.07) is 8.16. The van der Waals surface area contributed by atoms with E-state index < -0.39 is 0 Å². The topological polar surface area (TPSA) is 49.3 Å². The van der Waals surface area contributed by atoms with E-state index in [1.54, 1.807) is 0 Å². The van der Waals surface area contributed by atoms with Crippen LogP contribution in [0.5, 0.6) is 0 Å². The van der Waals surface area contributed by atoms with E-state index in [0.29, 0.717) is 0 Å². The highest BCUT2D eigenvalue weighted by Gasteiger charge is 2.15. The second-order valence-electron chi connectivity index (χ2n) is 5.01. The van der Waals surface area contributed by atoms with Crippen molar-refractivity contribution in [2.75, 3.05) is 6.61 Å². The van der Waals surface area contributed by atoms with Gasteiger partial charge in [0.25, 0.3) is 0 Å². The number of carbonyl (C=O) groups is 1. The van der Waals surface area contributed by atoms with Gasteiger partial charge in [0.1, 0.15) is 0 Å². The summed E-state index contributed by atoms with van der Waals surface area (Å²) in [5.41, 5.74) is 1.16. The second-order valence-corrected chi connectivity index (χ2v) is 5.92. The van der Waals surface area contributed by atoms with Gasteiger partial charge in [0, 0.05) is 23.0 Å². The lowest BCUT2D eigenvalue weighted by Gasteiger charge is -2.17. The lowest BCUT2D eigenvalue weighted by molar-refractivity contribution is -0.125. The number of halogens is 1. The van der Waals surface area contributed by atoms with Crippen molar-refractivity contribution in [2.24, 2.45) is 5.92 Å². The molecule has 106 valence electrons. The number of benzene rings is 1. The zero-order chi connectivity index (χ0) is 14.3. The average molecular weight is 328 g/mol. The Morgan fingerprint density at radius 3 is 2.53 bits per heavy atom. The molecule has 1 aromatic rings. The number of hydrogen-bond donors (Lipinski definition) is 2. The van der Waals surface area contributed by atoms with Gasteiger partial charge in [-0.05, 0) is 43.9 Å². The summed E-state index contributed by atoms with van der Waals surface area (Å²) in [5.74, 6) is 0.0334. The fraction of sp³-hybridized carbons (Fsp3) is 0.533. The molecule has 0 aliphatic heterocycles. The molecule has 1 amide bonds. The van der Waals surface area contributed by atoms with E-state index in [1.165, 1.54) is 0 Å². The number of rotatable bonds is 7. The van der Waals surface area contributed by atoms with Gasteiger partial charge < -0.3 is 10.4 Å². The quantitative estimate of drug-likeness (QED) is 0.809. The standard InChI is InChI=1S/C15H22BrNO2/c1-11(10-13-5-7-14(16)8-6-13)15(19)17-12(2)4-3-9-18/h5-8,11-12,18H,3-4,9-10H2,1-2H3,(H,17,19). The molecule has 0 saturated carbocycles. The highest BCUT2D eigenvalue weighted by Crippen LogP contribution is 2.14. The highest BCUT2D eigenvalue weighted by atomic mass is 79.9. The van der Waals surface area contributed by atoms with E-state index in [1.807, 2.05) is 38.1 Å². The first kappa shape index (κ1) is 16.2. The van der Waals surface area contributed by atoms with Crippen LogP contribution in [-0.2, 0) is 11.2 Å². The molecule has 19 heavy (non-hydrogen) atoms. The van der Waals surface area contributed by atoms with Crippen molar-refractivity contribution >= 4 is 21.8 Å². The molecule has 0 aliphatic carbocycles. The molecule has 4 heteroatoms. The molecule has 0 heterocycles. The Morgan fingerprint density at radius 1 is 1.32 bits per heavy atom. The molecule has 0 fully saturated rings. The van der Waals surface area contributed by atoms with Crippen LogP contribution < -0.4 is 5.32 Å². The zero-order valence-corrected chi connectivity index (χ0v) is 13.1. The van der Waals surface area contributed by atoms with E-state index in [9.17, 15) is 4.79 Å². The lowest BCUT2D eigenvalue weighted by atomic mass is 10.00. The number of hydrogen-bond acceptors (Lipinski definition) is 2. The number of carbonyl (C=O) groups excluding carboxylic acids is 1. The van der Waals surface area contributed by atoms with Gasteiger partial charge in [-0.15, -0.1) is 0 Å². The summed E-state index contributed by atoms with van der Waals surface area (Å²) in [5, 5.41) is 11.7. The largest absolute Gasteiger partial charge is 0.396 e. The maximum absolute atomic E-state index is 12.0. The molecule has 1 aromatic carbocycles. The first-order valence-electron chi connectivity index (χ1n) is 6.68. The minimum atomic E-state index is -0.0437. The van der Waals surface area contributed by atoms with Gasteiger partial charge in [0.05, 0.1) is 0 Å². The van der Waals surface area contributed by atoms with Crippen molar-refractivity contribution in [3.63, 3.8) is 0 Å².